The quantitative estimate of drug-likeness (QED) is 0.730. The van der Waals surface area contributed by atoms with E-state index in [1.807, 2.05) is 0 Å². The number of ether oxygens (including phenoxy) is 2. The fourth-order valence-corrected chi connectivity index (χ4v) is 2.11. The Bertz CT molecular complexity index is 190. The number of hydrogen-bond donors (Lipinski definition) is 1. The highest BCUT2D eigenvalue weighted by molar-refractivity contribution is 4.83. The van der Waals surface area contributed by atoms with E-state index >= 15 is 0 Å². The Morgan fingerprint density at radius 2 is 2.31 bits per heavy atom. The summed E-state index contributed by atoms with van der Waals surface area (Å²) in [6.07, 6.45) is 1.18. The topological polar surface area (TPSA) is 47.7 Å². The van der Waals surface area contributed by atoms with E-state index in [1.165, 1.54) is 0 Å². The molecule has 3 atom stereocenters. The van der Waals surface area contributed by atoms with E-state index < -0.39 is 0 Å². The zero-order valence-electron chi connectivity index (χ0n) is 10.8. The second-order valence-corrected chi connectivity index (χ2v) is 4.64. The van der Waals surface area contributed by atoms with Crippen LogP contribution in [0.15, 0.2) is 0 Å². The largest absolute Gasteiger partial charge is 0.385 e. The molecular weight excluding hydrogens is 204 g/mol. The molecule has 4 nitrogen and oxygen atoms in total. The lowest BCUT2D eigenvalue weighted by Gasteiger charge is -2.37. The maximum absolute atomic E-state index is 6.24. The van der Waals surface area contributed by atoms with E-state index in [0.29, 0.717) is 5.92 Å². The SMILES string of the molecule is CCN1CCOC(C(N)C(C)CCOC)C1. The zero-order chi connectivity index (χ0) is 12.0. The van der Waals surface area contributed by atoms with E-state index in [9.17, 15) is 0 Å². The molecule has 1 fully saturated rings. The Labute approximate surface area is 99.1 Å². The Morgan fingerprint density at radius 3 is 2.94 bits per heavy atom. The average molecular weight is 230 g/mol. The van der Waals surface area contributed by atoms with Crippen LogP contribution in [-0.2, 0) is 9.47 Å². The number of nitrogens with zero attached hydrogens (tertiary/aromatic N) is 1. The lowest BCUT2D eigenvalue weighted by Crippen LogP contribution is -2.52. The van der Waals surface area contributed by atoms with Crippen LogP contribution in [0.25, 0.3) is 0 Å². The van der Waals surface area contributed by atoms with Gasteiger partial charge in [0.2, 0.25) is 0 Å². The van der Waals surface area contributed by atoms with Crippen LogP contribution >= 0.6 is 0 Å². The molecule has 16 heavy (non-hydrogen) atoms. The van der Waals surface area contributed by atoms with Crippen LogP contribution in [0.4, 0.5) is 0 Å². The lowest BCUT2D eigenvalue weighted by atomic mass is 9.94. The van der Waals surface area contributed by atoms with E-state index in [2.05, 4.69) is 18.7 Å². The molecule has 0 spiro atoms. The van der Waals surface area contributed by atoms with Gasteiger partial charge in [-0.25, -0.2) is 0 Å². The first-order valence-corrected chi connectivity index (χ1v) is 6.27. The Hall–Kier alpha value is -0.160. The van der Waals surface area contributed by atoms with Crippen LogP contribution in [0, 0.1) is 5.92 Å². The highest BCUT2D eigenvalue weighted by Gasteiger charge is 2.28. The summed E-state index contributed by atoms with van der Waals surface area (Å²) in [5, 5.41) is 0. The van der Waals surface area contributed by atoms with E-state index in [-0.39, 0.29) is 12.1 Å². The first-order chi connectivity index (χ1) is 7.69. The van der Waals surface area contributed by atoms with Crippen LogP contribution < -0.4 is 5.73 Å². The maximum Gasteiger partial charge on any atom is 0.0855 e. The van der Waals surface area contributed by atoms with Gasteiger partial charge in [-0.1, -0.05) is 13.8 Å². The molecule has 1 aliphatic heterocycles. The van der Waals surface area contributed by atoms with Crippen LogP contribution in [-0.4, -0.2) is 57.0 Å². The van der Waals surface area contributed by atoms with Crippen molar-refractivity contribution in [3.8, 4) is 0 Å². The van der Waals surface area contributed by atoms with Crippen molar-refractivity contribution >= 4 is 0 Å². The molecule has 96 valence electrons. The van der Waals surface area contributed by atoms with Crippen molar-refractivity contribution in [1.29, 1.82) is 0 Å². The van der Waals surface area contributed by atoms with Crippen molar-refractivity contribution < 1.29 is 9.47 Å². The van der Waals surface area contributed by atoms with Gasteiger partial charge >= 0.3 is 0 Å². The summed E-state index contributed by atoms with van der Waals surface area (Å²) >= 11 is 0. The minimum absolute atomic E-state index is 0.115. The molecule has 1 rings (SSSR count). The maximum atomic E-state index is 6.24. The monoisotopic (exact) mass is 230 g/mol. The zero-order valence-corrected chi connectivity index (χ0v) is 10.8. The molecule has 0 radical (unpaired) electrons. The summed E-state index contributed by atoms with van der Waals surface area (Å²) in [7, 11) is 1.73. The van der Waals surface area contributed by atoms with Crippen LogP contribution in [0.2, 0.25) is 0 Å². The Balaban J connectivity index is 2.36. The number of nitrogens with two attached hydrogens (primary N) is 1. The predicted octanol–water partition coefficient (Wildman–Crippen LogP) is 0.707. The molecule has 0 aliphatic carbocycles. The molecule has 0 amide bonds. The van der Waals surface area contributed by atoms with Crippen molar-refractivity contribution in [2.24, 2.45) is 11.7 Å². The second kappa shape index (κ2) is 7.22. The van der Waals surface area contributed by atoms with Gasteiger partial charge in [-0.2, -0.15) is 0 Å². The first kappa shape index (κ1) is 13.9. The standard InChI is InChI=1S/C12H26N2O2/c1-4-14-6-8-16-11(9-14)12(13)10(2)5-7-15-3/h10-12H,4-9,13H2,1-3H3. The smallest absolute Gasteiger partial charge is 0.0855 e. The molecule has 0 aromatic carbocycles. The number of likely N-dealkylation sites (N-methyl/N-ethyl adjacent to an activating group) is 1. The summed E-state index contributed by atoms with van der Waals surface area (Å²) in [6, 6.07) is 0.115. The number of methoxy groups -OCH3 is 1. The van der Waals surface area contributed by atoms with Gasteiger partial charge in [0.25, 0.3) is 0 Å². The third kappa shape index (κ3) is 4.01. The fourth-order valence-electron chi connectivity index (χ4n) is 2.11. The minimum Gasteiger partial charge on any atom is -0.385 e. The molecule has 1 aliphatic rings. The normalized spacial score (nSPS) is 26.6. The molecule has 3 unspecified atom stereocenters. The molecule has 0 bridgehead atoms. The second-order valence-electron chi connectivity index (χ2n) is 4.64. The number of rotatable bonds is 6. The molecule has 4 heteroatoms. The van der Waals surface area contributed by atoms with Gasteiger partial charge in [0.15, 0.2) is 0 Å². The van der Waals surface area contributed by atoms with Crippen molar-refractivity contribution in [2.45, 2.75) is 32.4 Å². The number of hydrogen-bond acceptors (Lipinski definition) is 4. The molecule has 0 aromatic heterocycles. The van der Waals surface area contributed by atoms with Gasteiger partial charge in [0.1, 0.15) is 0 Å². The van der Waals surface area contributed by atoms with Gasteiger partial charge in [-0.05, 0) is 18.9 Å². The lowest BCUT2D eigenvalue weighted by molar-refractivity contribution is -0.0482. The molecule has 0 saturated carbocycles. The highest BCUT2D eigenvalue weighted by Crippen LogP contribution is 2.16. The van der Waals surface area contributed by atoms with Crippen molar-refractivity contribution in [2.75, 3.05) is 40.0 Å². The Kier molecular flexibility index (Phi) is 6.28. The van der Waals surface area contributed by atoms with E-state index in [0.717, 1.165) is 39.3 Å². The summed E-state index contributed by atoms with van der Waals surface area (Å²) in [5.74, 6) is 0.446. The average Bonchev–Trinajstić information content (AvgIpc) is 2.35. The summed E-state index contributed by atoms with van der Waals surface area (Å²) in [6.45, 7) is 9.03. The highest BCUT2D eigenvalue weighted by atomic mass is 16.5. The number of morpholine rings is 1. The molecular formula is C12H26N2O2. The molecule has 1 heterocycles. The van der Waals surface area contributed by atoms with Crippen LogP contribution in [0.1, 0.15) is 20.3 Å². The van der Waals surface area contributed by atoms with E-state index in [1.54, 1.807) is 7.11 Å². The molecule has 0 aromatic rings. The fraction of sp³-hybridized carbons (Fsp3) is 1.00. The summed E-state index contributed by atoms with van der Waals surface area (Å²) in [5.41, 5.74) is 6.24. The Morgan fingerprint density at radius 1 is 1.56 bits per heavy atom. The first-order valence-electron chi connectivity index (χ1n) is 6.27. The van der Waals surface area contributed by atoms with Crippen molar-refractivity contribution in [3.63, 3.8) is 0 Å². The minimum atomic E-state index is 0.115. The third-order valence-electron chi connectivity index (χ3n) is 3.49. The van der Waals surface area contributed by atoms with Gasteiger partial charge in [-0.15, -0.1) is 0 Å². The predicted molar refractivity (Wildman–Crippen MR) is 65.5 cm³/mol. The van der Waals surface area contributed by atoms with Gasteiger partial charge in [0, 0.05) is 32.8 Å². The van der Waals surface area contributed by atoms with Crippen molar-refractivity contribution in [3.05, 3.63) is 0 Å². The van der Waals surface area contributed by atoms with E-state index in [4.69, 9.17) is 15.2 Å². The van der Waals surface area contributed by atoms with Crippen LogP contribution in [0.3, 0.4) is 0 Å². The van der Waals surface area contributed by atoms with Gasteiger partial charge < -0.3 is 15.2 Å². The van der Waals surface area contributed by atoms with Crippen LogP contribution in [0.5, 0.6) is 0 Å². The van der Waals surface area contributed by atoms with Gasteiger partial charge in [-0.3, -0.25) is 4.90 Å². The van der Waals surface area contributed by atoms with Gasteiger partial charge in [0.05, 0.1) is 12.7 Å². The van der Waals surface area contributed by atoms with Crippen molar-refractivity contribution in [1.82, 2.24) is 4.90 Å². The molecule has 1 saturated heterocycles. The summed E-state index contributed by atoms with van der Waals surface area (Å²) < 4.78 is 10.9. The third-order valence-corrected chi connectivity index (χ3v) is 3.49. The summed E-state index contributed by atoms with van der Waals surface area (Å²) in [4.78, 5) is 2.40. The molecule has 2 N–H and O–H groups in total.